The number of aryl methyl sites for hydroxylation is 1. The Hall–Kier alpha value is -0.940. The van der Waals surface area contributed by atoms with E-state index in [2.05, 4.69) is 22.1 Å². The molecule has 0 aromatic carbocycles. The van der Waals surface area contributed by atoms with Gasteiger partial charge in [0.1, 0.15) is 0 Å². The summed E-state index contributed by atoms with van der Waals surface area (Å²) < 4.78 is 5.12. The summed E-state index contributed by atoms with van der Waals surface area (Å²) in [6.45, 7) is 3.09. The molecule has 5 nitrogen and oxygen atoms in total. The Kier molecular flexibility index (Phi) is 4.72. The molecule has 0 saturated heterocycles. The average molecular weight is 253 g/mol. The van der Waals surface area contributed by atoms with Crippen molar-refractivity contribution in [3.05, 3.63) is 11.7 Å². The van der Waals surface area contributed by atoms with Crippen LogP contribution in [0.5, 0.6) is 0 Å². The molecule has 0 radical (unpaired) electrons. The molecule has 2 rings (SSSR count). The molecule has 0 unspecified atom stereocenters. The molecule has 18 heavy (non-hydrogen) atoms. The number of hydrogen-bond donors (Lipinski definition) is 1. The van der Waals surface area contributed by atoms with Crippen molar-refractivity contribution >= 4 is 0 Å². The Morgan fingerprint density at radius 1 is 1.33 bits per heavy atom. The van der Waals surface area contributed by atoms with Crippen LogP contribution in [0.2, 0.25) is 0 Å². The molecule has 1 aromatic heterocycles. The SMILES string of the molecule is CCc1nc(CN(C)C2CCC(CO)CC2)no1. The van der Waals surface area contributed by atoms with Gasteiger partial charge in [-0.05, 0) is 38.6 Å². The lowest BCUT2D eigenvalue weighted by molar-refractivity contribution is 0.122. The van der Waals surface area contributed by atoms with Gasteiger partial charge in [-0.15, -0.1) is 0 Å². The van der Waals surface area contributed by atoms with Crippen LogP contribution in [0.25, 0.3) is 0 Å². The summed E-state index contributed by atoms with van der Waals surface area (Å²) in [5, 5.41) is 13.1. The van der Waals surface area contributed by atoms with Crippen molar-refractivity contribution in [2.45, 2.75) is 51.6 Å². The standard InChI is InChI=1S/C13H23N3O2/c1-3-13-14-12(15-18-13)8-16(2)11-6-4-10(9-17)5-7-11/h10-11,17H,3-9H2,1-2H3. The van der Waals surface area contributed by atoms with Crippen LogP contribution in [0.4, 0.5) is 0 Å². The van der Waals surface area contributed by atoms with Gasteiger partial charge in [-0.2, -0.15) is 4.98 Å². The molecular weight excluding hydrogens is 230 g/mol. The van der Waals surface area contributed by atoms with Crippen LogP contribution in [-0.4, -0.2) is 39.8 Å². The number of aromatic nitrogens is 2. The summed E-state index contributed by atoms with van der Waals surface area (Å²) in [6.07, 6.45) is 5.34. The molecule has 1 aliphatic carbocycles. The monoisotopic (exact) mass is 253 g/mol. The molecule has 102 valence electrons. The van der Waals surface area contributed by atoms with Crippen LogP contribution < -0.4 is 0 Å². The molecule has 0 atom stereocenters. The van der Waals surface area contributed by atoms with Gasteiger partial charge in [0.2, 0.25) is 5.89 Å². The second kappa shape index (κ2) is 6.29. The quantitative estimate of drug-likeness (QED) is 0.864. The van der Waals surface area contributed by atoms with E-state index in [-0.39, 0.29) is 0 Å². The Labute approximate surface area is 108 Å². The van der Waals surface area contributed by atoms with Gasteiger partial charge in [0.15, 0.2) is 5.82 Å². The van der Waals surface area contributed by atoms with Crippen LogP contribution in [0, 0.1) is 5.92 Å². The second-order valence-corrected chi connectivity index (χ2v) is 5.23. The largest absolute Gasteiger partial charge is 0.396 e. The van der Waals surface area contributed by atoms with Crippen molar-refractivity contribution in [3.63, 3.8) is 0 Å². The van der Waals surface area contributed by atoms with Gasteiger partial charge in [-0.25, -0.2) is 0 Å². The predicted octanol–water partition coefficient (Wildman–Crippen LogP) is 1.61. The molecule has 1 fully saturated rings. The van der Waals surface area contributed by atoms with Crippen molar-refractivity contribution in [2.75, 3.05) is 13.7 Å². The van der Waals surface area contributed by atoms with Gasteiger partial charge >= 0.3 is 0 Å². The van der Waals surface area contributed by atoms with E-state index in [1.165, 1.54) is 0 Å². The molecular formula is C13H23N3O2. The minimum Gasteiger partial charge on any atom is -0.396 e. The van der Waals surface area contributed by atoms with Crippen molar-refractivity contribution in [3.8, 4) is 0 Å². The summed E-state index contributed by atoms with van der Waals surface area (Å²) in [4.78, 5) is 6.64. The minimum atomic E-state index is 0.334. The van der Waals surface area contributed by atoms with Gasteiger partial charge in [-0.3, -0.25) is 4.90 Å². The molecule has 5 heteroatoms. The first-order chi connectivity index (χ1) is 8.72. The van der Waals surface area contributed by atoms with Gasteiger partial charge in [0, 0.05) is 19.1 Å². The number of hydrogen-bond acceptors (Lipinski definition) is 5. The first-order valence-corrected chi connectivity index (χ1v) is 6.85. The lowest BCUT2D eigenvalue weighted by Crippen LogP contribution is -2.35. The van der Waals surface area contributed by atoms with Crippen molar-refractivity contribution in [1.29, 1.82) is 0 Å². The Morgan fingerprint density at radius 3 is 2.61 bits per heavy atom. The first-order valence-electron chi connectivity index (χ1n) is 6.85. The third-order valence-corrected chi connectivity index (χ3v) is 3.90. The fourth-order valence-corrected chi connectivity index (χ4v) is 2.62. The highest BCUT2D eigenvalue weighted by atomic mass is 16.5. The molecule has 1 aromatic rings. The maximum absolute atomic E-state index is 9.13. The number of aliphatic hydroxyl groups excluding tert-OH is 1. The maximum Gasteiger partial charge on any atom is 0.226 e. The van der Waals surface area contributed by atoms with Crippen LogP contribution in [0.15, 0.2) is 4.52 Å². The molecule has 0 amide bonds. The Bertz CT molecular complexity index is 359. The zero-order valence-corrected chi connectivity index (χ0v) is 11.3. The second-order valence-electron chi connectivity index (χ2n) is 5.23. The minimum absolute atomic E-state index is 0.334. The predicted molar refractivity (Wildman–Crippen MR) is 68.0 cm³/mol. The highest BCUT2D eigenvalue weighted by Crippen LogP contribution is 2.27. The molecule has 0 spiro atoms. The van der Waals surface area contributed by atoms with E-state index < -0.39 is 0 Å². The fraction of sp³-hybridized carbons (Fsp3) is 0.846. The summed E-state index contributed by atoms with van der Waals surface area (Å²) >= 11 is 0. The van der Waals surface area contributed by atoms with Crippen LogP contribution >= 0.6 is 0 Å². The normalized spacial score (nSPS) is 24.7. The van der Waals surface area contributed by atoms with E-state index in [1.54, 1.807) is 0 Å². The molecule has 1 saturated carbocycles. The van der Waals surface area contributed by atoms with E-state index in [4.69, 9.17) is 9.63 Å². The maximum atomic E-state index is 9.13. The number of rotatable bonds is 5. The van der Waals surface area contributed by atoms with Crippen molar-refractivity contribution < 1.29 is 9.63 Å². The average Bonchev–Trinajstić information content (AvgIpc) is 2.86. The van der Waals surface area contributed by atoms with Crippen LogP contribution in [0.3, 0.4) is 0 Å². The van der Waals surface area contributed by atoms with Gasteiger partial charge in [0.05, 0.1) is 6.54 Å². The summed E-state index contributed by atoms with van der Waals surface area (Å²) in [5.74, 6) is 1.99. The van der Waals surface area contributed by atoms with Gasteiger partial charge in [-0.1, -0.05) is 12.1 Å². The molecule has 1 N–H and O–H groups in total. The van der Waals surface area contributed by atoms with Crippen molar-refractivity contribution in [2.24, 2.45) is 5.92 Å². The van der Waals surface area contributed by atoms with E-state index in [1.807, 2.05) is 6.92 Å². The molecule has 0 bridgehead atoms. The molecule has 1 aliphatic rings. The lowest BCUT2D eigenvalue weighted by atomic mass is 9.86. The third-order valence-electron chi connectivity index (χ3n) is 3.90. The summed E-state index contributed by atoms with van der Waals surface area (Å²) in [5.41, 5.74) is 0. The summed E-state index contributed by atoms with van der Waals surface area (Å²) in [7, 11) is 2.12. The van der Waals surface area contributed by atoms with Crippen LogP contribution in [-0.2, 0) is 13.0 Å². The van der Waals surface area contributed by atoms with Crippen LogP contribution in [0.1, 0.15) is 44.3 Å². The van der Waals surface area contributed by atoms with Crippen molar-refractivity contribution in [1.82, 2.24) is 15.0 Å². The Morgan fingerprint density at radius 2 is 2.06 bits per heavy atom. The molecule has 0 aliphatic heterocycles. The smallest absolute Gasteiger partial charge is 0.226 e. The molecule has 1 heterocycles. The van der Waals surface area contributed by atoms with Gasteiger partial charge in [0.25, 0.3) is 0 Å². The number of nitrogens with zero attached hydrogens (tertiary/aromatic N) is 3. The lowest BCUT2D eigenvalue weighted by Gasteiger charge is -2.33. The van der Waals surface area contributed by atoms with Gasteiger partial charge < -0.3 is 9.63 Å². The van der Waals surface area contributed by atoms with E-state index in [9.17, 15) is 0 Å². The highest BCUT2D eigenvalue weighted by Gasteiger charge is 2.24. The zero-order valence-electron chi connectivity index (χ0n) is 11.3. The summed E-state index contributed by atoms with van der Waals surface area (Å²) in [6, 6.07) is 0.580. The topological polar surface area (TPSA) is 62.4 Å². The van der Waals surface area contributed by atoms with E-state index in [0.717, 1.165) is 44.5 Å². The first kappa shape index (κ1) is 13.5. The highest BCUT2D eigenvalue weighted by molar-refractivity contribution is 4.87. The number of aliphatic hydroxyl groups is 1. The van der Waals surface area contributed by atoms with E-state index in [0.29, 0.717) is 24.5 Å². The van der Waals surface area contributed by atoms with E-state index >= 15 is 0 Å². The third kappa shape index (κ3) is 3.29. The fourth-order valence-electron chi connectivity index (χ4n) is 2.62. The Balaban J connectivity index is 1.82. The zero-order chi connectivity index (χ0) is 13.0.